The standard InChI is InChI=1S/C16H20O4/c1-19-13-5-4-12(16(6-7-16)9-15(17)18)8-14(13)20-10-11-2-3-11/h4-5,8,11H,2-3,6-7,9-10H2,1H3,(H,17,18). The lowest BCUT2D eigenvalue weighted by Crippen LogP contribution is -2.13. The van der Waals surface area contributed by atoms with Gasteiger partial charge >= 0.3 is 5.97 Å². The van der Waals surface area contributed by atoms with Gasteiger partial charge in [0.25, 0.3) is 0 Å². The van der Waals surface area contributed by atoms with Crippen molar-refractivity contribution in [3.63, 3.8) is 0 Å². The number of hydrogen-bond donors (Lipinski definition) is 1. The van der Waals surface area contributed by atoms with Crippen molar-refractivity contribution in [2.75, 3.05) is 13.7 Å². The molecule has 4 heteroatoms. The molecule has 0 aliphatic heterocycles. The van der Waals surface area contributed by atoms with E-state index in [-0.39, 0.29) is 11.8 Å². The molecule has 20 heavy (non-hydrogen) atoms. The lowest BCUT2D eigenvalue weighted by atomic mass is 9.92. The van der Waals surface area contributed by atoms with E-state index in [9.17, 15) is 4.79 Å². The van der Waals surface area contributed by atoms with Gasteiger partial charge in [-0.2, -0.15) is 0 Å². The molecule has 0 spiro atoms. The Hall–Kier alpha value is -1.71. The number of carbonyl (C=O) groups is 1. The van der Waals surface area contributed by atoms with Gasteiger partial charge in [-0.25, -0.2) is 0 Å². The van der Waals surface area contributed by atoms with E-state index in [1.807, 2.05) is 18.2 Å². The first kappa shape index (κ1) is 13.3. The summed E-state index contributed by atoms with van der Waals surface area (Å²) < 4.78 is 11.2. The van der Waals surface area contributed by atoms with Crippen LogP contribution in [-0.2, 0) is 10.2 Å². The molecule has 3 rings (SSSR count). The van der Waals surface area contributed by atoms with E-state index in [2.05, 4.69) is 0 Å². The second kappa shape index (κ2) is 5.00. The first-order valence-electron chi connectivity index (χ1n) is 7.16. The average Bonchev–Trinajstić information content (AvgIpc) is 3.31. The van der Waals surface area contributed by atoms with Crippen LogP contribution in [0.4, 0.5) is 0 Å². The summed E-state index contributed by atoms with van der Waals surface area (Å²) in [6.07, 6.45) is 4.55. The van der Waals surface area contributed by atoms with Crippen molar-refractivity contribution in [3.8, 4) is 11.5 Å². The van der Waals surface area contributed by atoms with E-state index < -0.39 is 5.97 Å². The van der Waals surface area contributed by atoms with E-state index in [1.165, 1.54) is 12.8 Å². The monoisotopic (exact) mass is 276 g/mol. The Bertz CT molecular complexity index is 515. The summed E-state index contributed by atoms with van der Waals surface area (Å²) in [5.74, 6) is 1.41. The van der Waals surface area contributed by atoms with Crippen molar-refractivity contribution >= 4 is 5.97 Å². The predicted molar refractivity (Wildman–Crippen MR) is 74.4 cm³/mol. The summed E-state index contributed by atoms with van der Waals surface area (Å²) in [7, 11) is 1.63. The fourth-order valence-corrected chi connectivity index (χ4v) is 2.62. The lowest BCUT2D eigenvalue weighted by Gasteiger charge is -2.17. The molecule has 108 valence electrons. The summed E-state index contributed by atoms with van der Waals surface area (Å²) in [5, 5.41) is 9.05. The van der Waals surface area contributed by atoms with E-state index in [0.717, 1.165) is 36.5 Å². The molecule has 1 aromatic rings. The van der Waals surface area contributed by atoms with Crippen LogP contribution >= 0.6 is 0 Å². The highest BCUT2D eigenvalue weighted by molar-refractivity contribution is 5.70. The fraction of sp³-hybridized carbons (Fsp3) is 0.562. The third-order valence-electron chi connectivity index (χ3n) is 4.29. The van der Waals surface area contributed by atoms with Crippen molar-refractivity contribution in [2.24, 2.45) is 5.92 Å². The Morgan fingerprint density at radius 2 is 2.10 bits per heavy atom. The number of carboxylic acids is 1. The van der Waals surface area contributed by atoms with Gasteiger partial charge in [-0.1, -0.05) is 6.07 Å². The number of hydrogen-bond acceptors (Lipinski definition) is 3. The summed E-state index contributed by atoms with van der Waals surface area (Å²) in [6, 6.07) is 5.83. The fourth-order valence-electron chi connectivity index (χ4n) is 2.62. The van der Waals surface area contributed by atoms with Crippen LogP contribution in [0.1, 0.15) is 37.7 Å². The molecule has 2 fully saturated rings. The van der Waals surface area contributed by atoms with Crippen LogP contribution in [0.3, 0.4) is 0 Å². The van der Waals surface area contributed by atoms with Crippen molar-refractivity contribution < 1.29 is 19.4 Å². The van der Waals surface area contributed by atoms with Gasteiger partial charge in [-0.15, -0.1) is 0 Å². The molecule has 2 saturated carbocycles. The number of aliphatic carboxylic acids is 1. The number of carboxylic acid groups (broad SMARTS) is 1. The summed E-state index contributed by atoms with van der Waals surface area (Å²) in [5.41, 5.74) is 0.877. The van der Waals surface area contributed by atoms with E-state index in [0.29, 0.717) is 5.92 Å². The third-order valence-corrected chi connectivity index (χ3v) is 4.29. The molecule has 0 radical (unpaired) electrons. The minimum absolute atomic E-state index is 0.185. The summed E-state index contributed by atoms with van der Waals surface area (Å²) in [4.78, 5) is 11.0. The molecule has 1 aromatic carbocycles. The van der Waals surface area contributed by atoms with Crippen LogP contribution in [0.2, 0.25) is 0 Å². The molecule has 0 bridgehead atoms. The summed E-state index contributed by atoms with van der Waals surface area (Å²) >= 11 is 0. The molecule has 1 N–H and O–H groups in total. The quantitative estimate of drug-likeness (QED) is 0.831. The highest BCUT2D eigenvalue weighted by atomic mass is 16.5. The average molecular weight is 276 g/mol. The van der Waals surface area contributed by atoms with Crippen LogP contribution in [-0.4, -0.2) is 24.8 Å². The van der Waals surface area contributed by atoms with E-state index in [1.54, 1.807) is 7.11 Å². The molecule has 2 aliphatic rings. The van der Waals surface area contributed by atoms with Crippen LogP contribution < -0.4 is 9.47 Å². The summed E-state index contributed by atoms with van der Waals surface area (Å²) in [6.45, 7) is 0.728. The van der Waals surface area contributed by atoms with Crippen LogP contribution in [0, 0.1) is 5.92 Å². The van der Waals surface area contributed by atoms with Crippen molar-refractivity contribution in [2.45, 2.75) is 37.5 Å². The zero-order valence-electron chi connectivity index (χ0n) is 11.7. The molecule has 0 amide bonds. The molecular formula is C16H20O4. The van der Waals surface area contributed by atoms with Gasteiger partial charge in [0.1, 0.15) is 0 Å². The van der Waals surface area contributed by atoms with Gasteiger partial charge in [0.15, 0.2) is 11.5 Å². The number of ether oxygens (including phenoxy) is 2. The van der Waals surface area contributed by atoms with Gasteiger partial charge in [-0.05, 0) is 49.3 Å². The minimum Gasteiger partial charge on any atom is -0.493 e. The molecule has 0 atom stereocenters. The van der Waals surface area contributed by atoms with Gasteiger partial charge in [0, 0.05) is 5.41 Å². The zero-order chi connectivity index (χ0) is 14.2. The molecule has 4 nitrogen and oxygen atoms in total. The molecule has 0 aromatic heterocycles. The Morgan fingerprint density at radius 3 is 2.65 bits per heavy atom. The first-order chi connectivity index (χ1) is 9.63. The lowest BCUT2D eigenvalue weighted by molar-refractivity contribution is -0.137. The van der Waals surface area contributed by atoms with Gasteiger partial charge in [-0.3, -0.25) is 4.79 Å². The minimum atomic E-state index is -0.737. The number of rotatable bonds is 7. The zero-order valence-corrected chi connectivity index (χ0v) is 11.7. The largest absolute Gasteiger partial charge is 0.493 e. The van der Waals surface area contributed by atoms with Crippen LogP contribution in [0.15, 0.2) is 18.2 Å². The number of methoxy groups -OCH3 is 1. The second-order valence-corrected chi connectivity index (χ2v) is 5.97. The highest BCUT2D eigenvalue weighted by Crippen LogP contribution is 2.52. The molecule has 0 saturated heterocycles. The molecule has 0 unspecified atom stereocenters. The maximum atomic E-state index is 11.0. The van der Waals surface area contributed by atoms with E-state index in [4.69, 9.17) is 14.6 Å². The molecule has 2 aliphatic carbocycles. The molecule has 0 heterocycles. The maximum Gasteiger partial charge on any atom is 0.304 e. The Morgan fingerprint density at radius 1 is 1.35 bits per heavy atom. The van der Waals surface area contributed by atoms with Crippen LogP contribution in [0.25, 0.3) is 0 Å². The first-order valence-corrected chi connectivity index (χ1v) is 7.16. The SMILES string of the molecule is COc1ccc(C2(CC(=O)O)CC2)cc1OCC1CC1. The van der Waals surface area contributed by atoms with Gasteiger partial charge in [0.2, 0.25) is 0 Å². The topological polar surface area (TPSA) is 55.8 Å². The Labute approximate surface area is 118 Å². The Kier molecular flexibility index (Phi) is 3.32. The smallest absolute Gasteiger partial charge is 0.304 e. The van der Waals surface area contributed by atoms with Gasteiger partial charge < -0.3 is 14.6 Å². The van der Waals surface area contributed by atoms with E-state index >= 15 is 0 Å². The van der Waals surface area contributed by atoms with Crippen molar-refractivity contribution in [3.05, 3.63) is 23.8 Å². The van der Waals surface area contributed by atoms with Crippen molar-refractivity contribution in [1.82, 2.24) is 0 Å². The normalized spacial score (nSPS) is 19.4. The van der Waals surface area contributed by atoms with Crippen molar-refractivity contribution in [1.29, 1.82) is 0 Å². The van der Waals surface area contributed by atoms with Crippen LogP contribution in [0.5, 0.6) is 11.5 Å². The number of benzene rings is 1. The highest BCUT2D eigenvalue weighted by Gasteiger charge is 2.46. The third kappa shape index (κ3) is 2.74. The second-order valence-electron chi connectivity index (χ2n) is 5.97. The maximum absolute atomic E-state index is 11.0. The van der Waals surface area contributed by atoms with Gasteiger partial charge in [0.05, 0.1) is 20.1 Å². The predicted octanol–water partition coefficient (Wildman–Crippen LogP) is 2.99. The molecular weight excluding hydrogens is 256 g/mol. The Balaban J connectivity index is 1.80.